The molecule has 0 saturated carbocycles. The lowest BCUT2D eigenvalue weighted by Gasteiger charge is -2.18. The van der Waals surface area contributed by atoms with Crippen molar-refractivity contribution in [2.45, 2.75) is 0 Å². The molecule has 0 unspecified atom stereocenters. The number of hydrogen-bond acceptors (Lipinski definition) is 18. The normalized spacial score (nSPS) is 10.1. The number of fused-ring (bicyclic) bond motifs is 6. The van der Waals surface area contributed by atoms with Crippen molar-refractivity contribution in [2.24, 2.45) is 0 Å². The van der Waals surface area contributed by atoms with Crippen molar-refractivity contribution in [3.63, 3.8) is 0 Å². The largest absolute Gasteiger partial charge is 0.513 e. The van der Waals surface area contributed by atoms with E-state index < -0.39 is 36.9 Å². The molecule has 0 fully saturated rings. The van der Waals surface area contributed by atoms with Gasteiger partial charge >= 0.3 is 36.9 Å². The summed E-state index contributed by atoms with van der Waals surface area (Å²) >= 11 is 4.24. The minimum absolute atomic E-state index is 0.221. The molecule has 0 aliphatic carbocycles. The Morgan fingerprint density at radius 3 is 0.540 bits per heavy atom. The number of halogens is 2. The minimum atomic E-state index is -1.18. The summed E-state index contributed by atoms with van der Waals surface area (Å²) in [5.74, 6) is -1.99. The second-order valence-electron chi connectivity index (χ2n) is 8.87. The van der Waals surface area contributed by atoms with E-state index in [0.29, 0.717) is 0 Å². The molecule has 0 aliphatic heterocycles. The molecule has 4 aromatic rings. The maximum atomic E-state index is 12.2. The van der Waals surface area contributed by atoms with Crippen molar-refractivity contribution in [2.75, 3.05) is 42.7 Å². The summed E-state index contributed by atoms with van der Waals surface area (Å²) in [5.41, 5.74) is 0. The van der Waals surface area contributed by atoms with Crippen LogP contribution in [0.5, 0.6) is 34.5 Å². The van der Waals surface area contributed by atoms with E-state index in [-0.39, 0.29) is 66.8 Å². The third kappa shape index (κ3) is 9.04. The first-order chi connectivity index (χ1) is 24.0. The van der Waals surface area contributed by atoms with Crippen LogP contribution in [0.4, 0.5) is 28.8 Å². The van der Waals surface area contributed by atoms with Gasteiger partial charge < -0.3 is 56.8 Å². The fraction of sp³-hybridized carbons (Fsp3) is 0.200. The first-order valence-corrected chi connectivity index (χ1v) is 19.5. The van der Waals surface area contributed by atoms with Crippen molar-refractivity contribution in [1.82, 2.24) is 0 Å². The zero-order valence-electron chi connectivity index (χ0n) is 26.6. The highest BCUT2D eigenvalue weighted by atomic mass is 128. The van der Waals surface area contributed by atoms with Gasteiger partial charge in [0.25, 0.3) is 0 Å². The summed E-state index contributed by atoms with van der Waals surface area (Å²) in [6, 6.07) is 7.64. The highest BCUT2D eigenvalue weighted by molar-refractivity contribution is 15.0. The molecule has 0 N–H and O–H groups in total. The van der Waals surface area contributed by atoms with Crippen molar-refractivity contribution in [3.8, 4) is 34.5 Å². The van der Waals surface area contributed by atoms with E-state index in [1.54, 1.807) is 0 Å². The molecule has 0 atom stereocenters. The Labute approximate surface area is 304 Å². The number of hydrogen-bond donors (Lipinski definition) is 0. The second kappa shape index (κ2) is 17.9. The lowest BCUT2D eigenvalue weighted by Crippen LogP contribution is -2.13. The van der Waals surface area contributed by atoms with Gasteiger partial charge in [-0.2, -0.15) is 0 Å². The summed E-state index contributed by atoms with van der Waals surface area (Å²) in [6.45, 7) is 0. The Morgan fingerprint density at radius 1 is 0.320 bits per heavy atom. The molecular formula is C30H24I2O18. The standard InChI is InChI=1S/C30H24O18.I2/c1-37-25(31)43-19-7-13-14(8-20(19)44-26(32)38-2)16-10-22(46-28(34)40-4)24(48-30(36)42-6)12-18(16)17-11-23(47-29(35)41-5)21(9-15(13)17)45-27(33)39-3;1-2/h7-12H,1-6H3;. The van der Waals surface area contributed by atoms with Crippen molar-refractivity contribution < 1.29 is 85.6 Å². The van der Waals surface area contributed by atoms with Gasteiger partial charge in [0.05, 0.1) is 42.7 Å². The Balaban J connectivity index is 0.00000332. The van der Waals surface area contributed by atoms with Gasteiger partial charge in [-0.25, -0.2) is 28.8 Å². The third-order valence-electron chi connectivity index (χ3n) is 6.28. The fourth-order valence-electron chi connectivity index (χ4n) is 4.28. The summed E-state index contributed by atoms with van der Waals surface area (Å²) in [6.07, 6.45) is -7.11. The molecule has 20 heteroatoms. The number of rotatable bonds is 6. The van der Waals surface area contributed by atoms with Crippen LogP contribution in [0.15, 0.2) is 36.4 Å². The van der Waals surface area contributed by atoms with Crippen LogP contribution in [0.25, 0.3) is 32.3 Å². The highest BCUT2D eigenvalue weighted by Crippen LogP contribution is 2.47. The molecule has 50 heavy (non-hydrogen) atoms. The minimum Gasteiger partial charge on any atom is -0.437 e. The van der Waals surface area contributed by atoms with Gasteiger partial charge in [0, 0.05) is 37.2 Å². The van der Waals surface area contributed by atoms with E-state index in [1.165, 1.54) is 36.4 Å². The smallest absolute Gasteiger partial charge is 0.437 e. The van der Waals surface area contributed by atoms with Crippen molar-refractivity contribution >= 4 is 106 Å². The number of carbonyl (C=O) groups is 6. The lowest BCUT2D eigenvalue weighted by atomic mass is 9.93. The quantitative estimate of drug-likeness (QED) is 0.0593. The number of methoxy groups -OCH3 is 6. The molecule has 0 aromatic heterocycles. The molecule has 0 radical (unpaired) electrons. The maximum Gasteiger partial charge on any atom is 0.513 e. The van der Waals surface area contributed by atoms with Crippen molar-refractivity contribution in [3.05, 3.63) is 36.4 Å². The molecule has 0 bridgehead atoms. The average Bonchev–Trinajstić information content (AvgIpc) is 3.13. The molecule has 18 nitrogen and oxygen atoms in total. The Kier molecular flexibility index (Phi) is 14.1. The van der Waals surface area contributed by atoms with E-state index in [0.717, 1.165) is 42.7 Å². The van der Waals surface area contributed by atoms with Gasteiger partial charge in [0.1, 0.15) is 0 Å². The van der Waals surface area contributed by atoms with Gasteiger partial charge in [-0.3, -0.25) is 0 Å². The van der Waals surface area contributed by atoms with Gasteiger partial charge in [0.2, 0.25) is 0 Å². The molecule has 0 spiro atoms. The summed E-state index contributed by atoms with van der Waals surface area (Å²) < 4.78 is 59.0. The lowest BCUT2D eigenvalue weighted by molar-refractivity contribution is 0.111. The predicted octanol–water partition coefficient (Wildman–Crippen LogP) is 7.79. The molecule has 0 heterocycles. The number of carbonyl (C=O) groups excluding carboxylic acids is 6. The highest BCUT2D eigenvalue weighted by Gasteiger charge is 2.25. The van der Waals surface area contributed by atoms with Crippen LogP contribution in [0, 0.1) is 0 Å². The van der Waals surface area contributed by atoms with Gasteiger partial charge in [-0.05, 0) is 68.7 Å². The van der Waals surface area contributed by atoms with E-state index >= 15 is 0 Å². The van der Waals surface area contributed by atoms with Gasteiger partial charge in [-0.1, -0.05) is 0 Å². The number of benzene rings is 4. The Bertz CT molecular complexity index is 1580. The monoisotopic (exact) mass is 926 g/mol. The molecule has 0 aliphatic rings. The van der Waals surface area contributed by atoms with Crippen LogP contribution < -0.4 is 28.4 Å². The molecule has 0 amide bonds. The SMILES string of the molecule is COC(=O)Oc1cc2c3cc(OC(=O)OC)c(OC(=O)OC)cc3c3cc(OC(=O)OC)c(OC(=O)OC)cc3c2cc1OC(=O)OC.II. The van der Waals surface area contributed by atoms with E-state index in [1.807, 2.05) is 0 Å². The predicted molar refractivity (Wildman–Crippen MR) is 185 cm³/mol. The summed E-state index contributed by atoms with van der Waals surface area (Å²) in [7, 11) is 6.27. The van der Waals surface area contributed by atoms with Crippen LogP contribution in [0.3, 0.4) is 0 Å². The fourth-order valence-corrected chi connectivity index (χ4v) is 4.28. The first kappa shape index (κ1) is 39.2. The molecule has 266 valence electrons. The van der Waals surface area contributed by atoms with Crippen LogP contribution in [-0.4, -0.2) is 79.6 Å². The number of ether oxygens (including phenoxy) is 12. The van der Waals surface area contributed by atoms with Crippen LogP contribution in [0.2, 0.25) is 0 Å². The maximum absolute atomic E-state index is 12.2. The second-order valence-corrected chi connectivity index (χ2v) is 8.87. The molecule has 4 aromatic carbocycles. The molecule has 0 saturated heterocycles. The topological polar surface area (TPSA) is 213 Å². The zero-order valence-corrected chi connectivity index (χ0v) is 30.9. The summed E-state index contributed by atoms with van der Waals surface area (Å²) in [5, 5.41) is 1.33. The third-order valence-corrected chi connectivity index (χ3v) is 6.28. The molecule has 4 rings (SSSR count). The van der Waals surface area contributed by atoms with E-state index in [2.05, 4.69) is 65.7 Å². The summed E-state index contributed by atoms with van der Waals surface area (Å²) in [4.78, 5) is 72.9. The van der Waals surface area contributed by atoms with Crippen LogP contribution in [-0.2, 0) is 28.4 Å². The molecular weight excluding hydrogens is 902 g/mol. The zero-order chi connectivity index (χ0) is 37.1. The van der Waals surface area contributed by atoms with E-state index in [4.69, 9.17) is 28.4 Å². The average molecular weight is 926 g/mol. The Hall–Kier alpha value is -5.26. The van der Waals surface area contributed by atoms with Gasteiger partial charge in [0.15, 0.2) is 34.5 Å². The van der Waals surface area contributed by atoms with Crippen molar-refractivity contribution in [1.29, 1.82) is 0 Å². The Morgan fingerprint density at radius 2 is 0.440 bits per heavy atom. The van der Waals surface area contributed by atoms with E-state index in [9.17, 15) is 28.8 Å². The van der Waals surface area contributed by atoms with Gasteiger partial charge in [-0.15, -0.1) is 0 Å². The van der Waals surface area contributed by atoms with Crippen LogP contribution >= 0.6 is 37.2 Å². The van der Waals surface area contributed by atoms with Crippen LogP contribution in [0.1, 0.15) is 0 Å². The first-order valence-electron chi connectivity index (χ1n) is 13.2.